The van der Waals surface area contributed by atoms with Gasteiger partial charge in [-0.1, -0.05) is 12.5 Å². The molecule has 1 amide bonds. The number of amides is 1. The summed E-state index contributed by atoms with van der Waals surface area (Å²) in [5, 5.41) is 2.68. The van der Waals surface area contributed by atoms with E-state index < -0.39 is 5.95 Å². The quantitative estimate of drug-likeness (QED) is 0.776. The van der Waals surface area contributed by atoms with Crippen LogP contribution in [0.2, 0.25) is 0 Å². The van der Waals surface area contributed by atoms with Crippen LogP contribution in [-0.4, -0.2) is 10.9 Å². The average molecular weight is 220 g/mol. The lowest BCUT2D eigenvalue weighted by Gasteiger charge is -2.05. The molecule has 0 aromatic carbocycles. The number of aromatic nitrogens is 1. The van der Waals surface area contributed by atoms with Crippen LogP contribution in [0.25, 0.3) is 0 Å². The van der Waals surface area contributed by atoms with E-state index in [0.717, 1.165) is 0 Å². The van der Waals surface area contributed by atoms with Crippen molar-refractivity contribution < 1.29 is 9.18 Å². The van der Waals surface area contributed by atoms with Crippen molar-refractivity contribution in [1.29, 1.82) is 0 Å². The minimum absolute atomic E-state index is 0.00722. The Morgan fingerprint density at radius 2 is 2.12 bits per heavy atom. The molecule has 1 aromatic rings. The van der Waals surface area contributed by atoms with Gasteiger partial charge < -0.3 is 5.32 Å². The van der Waals surface area contributed by atoms with Gasteiger partial charge in [0.2, 0.25) is 11.9 Å². The smallest absolute Gasteiger partial charge is 0.229 e. The predicted octanol–water partition coefficient (Wildman–Crippen LogP) is 2.21. The summed E-state index contributed by atoms with van der Waals surface area (Å²) in [6.07, 6.45) is 3.58. The van der Waals surface area contributed by atoms with Crippen LogP contribution < -0.4 is 5.32 Å². The number of pyridine rings is 1. The number of anilines is 1. The van der Waals surface area contributed by atoms with Crippen LogP contribution in [0.1, 0.15) is 19.3 Å². The molecule has 0 spiro atoms. The summed E-state index contributed by atoms with van der Waals surface area (Å²) >= 11 is 0. The number of rotatable bonds is 2. The lowest BCUT2D eigenvalue weighted by molar-refractivity contribution is -0.118. The lowest BCUT2D eigenvalue weighted by atomic mass is 10.1. The molecule has 0 saturated heterocycles. The molecule has 16 heavy (non-hydrogen) atoms. The Hall–Kier alpha value is -1.45. The van der Waals surface area contributed by atoms with E-state index in [1.165, 1.54) is 25.3 Å². The fourth-order valence-electron chi connectivity index (χ4n) is 2.90. The first-order chi connectivity index (χ1) is 7.75. The highest BCUT2D eigenvalue weighted by Crippen LogP contribution is 2.57. The number of hydrogen-bond acceptors (Lipinski definition) is 2. The molecule has 3 rings (SSSR count). The summed E-state index contributed by atoms with van der Waals surface area (Å²) in [5.41, 5.74) is 0. The molecule has 1 aromatic heterocycles. The van der Waals surface area contributed by atoms with Crippen LogP contribution in [0.3, 0.4) is 0 Å². The van der Waals surface area contributed by atoms with Crippen molar-refractivity contribution in [2.24, 2.45) is 17.8 Å². The SMILES string of the molecule is O=C(Nc1cccc(F)n1)C1C2CCCC21. The van der Waals surface area contributed by atoms with Crippen LogP contribution in [-0.2, 0) is 4.79 Å². The van der Waals surface area contributed by atoms with E-state index in [9.17, 15) is 9.18 Å². The molecular formula is C12H13FN2O. The Labute approximate surface area is 93.1 Å². The van der Waals surface area contributed by atoms with Crippen molar-refractivity contribution in [3.63, 3.8) is 0 Å². The van der Waals surface area contributed by atoms with Gasteiger partial charge in [-0.05, 0) is 36.8 Å². The zero-order chi connectivity index (χ0) is 11.1. The van der Waals surface area contributed by atoms with Gasteiger partial charge in [-0.25, -0.2) is 4.98 Å². The van der Waals surface area contributed by atoms with Gasteiger partial charge >= 0.3 is 0 Å². The van der Waals surface area contributed by atoms with Gasteiger partial charge in [0.15, 0.2) is 0 Å². The summed E-state index contributed by atoms with van der Waals surface area (Å²) in [7, 11) is 0. The monoisotopic (exact) mass is 220 g/mol. The van der Waals surface area contributed by atoms with Crippen molar-refractivity contribution in [3.8, 4) is 0 Å². The Bertz CT molecular complexity index is 425. The van der Waals surface area contributed by atoms with Crippen LogP contribution in [0.5, 0.6) is 0 Å². The maximum atomic E-state index is 12.8. The normalized spacial score (nSPS) is 30.9. The molecule has 1 N–H and O–H groups in total. The molecule has 0 radical (unpaired) electrons. The highest BCUT2D eigenvalue weighted by molar-refractivity contribution is 5.94. The number of fused-ring (bicyclic) bond motifs is 1. The van der Waals surface area contributed by atoms with Crippen molar-refractivity contribution in [2.45, 2.75) is 19.3 Å². The van der Waals surface area contributed by atoms with Crippen LogP contribution >= 0.6 is 0 Å². The summed E-state index contributed by atoms with van der Waals surface area (Å²) < 4.78 is 12.8. The summed E-state index contributed by atoms with van der Waals surface area (Å²) in [6.45, 7) is 0. The molecule has 0 aliphatic heterocycles. The average Bonchev–Trinajstić information content (AvgIpc) is 2.73. The molecule has 2 unspecified atom stereocenters. The van der Waals surface area contributed by atoms with Gasteiger partial charge in [-0.15, -0.1) is 0 Å². The Morgan fingerprint density at radius 3 is 2.81 bits per heavy atom. The van der Waals surface area contributed by atoms with Gasteiger partial charge in [0.1, 0.15) is 5.82 Å². The minimum Gasteiger partial charge on any atom is -0.310 e. The molecule has 4 heteroatoms. The third-order valence-electron chi connectivity index (χ3n) is 3.68. The van der Waals surface area contributed by atoms with Gasteiger partial charge in [-0.2, -0.15) is 4.39 Å². The van der Waals surface area contributed by atoms with E-state index in [4.69, 9.17) is 0 Å². The second kappa shape index (κ2) is 3.54. The lowest BCUT2D eigenvalue weighted by Crippen LogP contribution is -2.17. The van der Waals surface area contributed by atoms with Crippen molar-refractivity contribution in [1.82, 2.24) is 4.98 Å². The molecule has 2 aliphatic carbocycles. The fourth-order valence-corrected chi connectivity index (χ4v) is 2.90. The fraction of sp³-hybridized carbons (Fsp3) is 0.500. The number of hydrogen-bond donors (Lipinski definition) is 1. The maximum absolute atomic E-state index is 12.8. The topological polar surface area (TPSA) is 42.0 Å². The van der Waals surface area contributed by atoms with E-state index in [1.807, 2.05) is 0 Å². The van der Waals surface area contributed by atoms with Crippen molar-refractivity contribution in [3.05, 3.63) is 24.1 Å². The van der Waals surface area contributed by atoms with E-state index in [2.05, 4.69) is 10.3 Å². The molecule has 1 heterocycles. The highest BCUT2D eigenvalue weighted by Gasteiger charge is 2.56. The maximum Gasteiger partial charge on any atom is 0.229 e. The molecule has 2 atom stereocenters. The van der Waals surface area contributed by atoms with E-state index in [0.29, 0.717) is 17.7 Å². The first-order valence-corrected chi connectivity index (χ1v) is 5.69. The Kier molecular flexibility index (Phi) is 2.16. The van der Waals surface area contributed by atoms with Crippen LogP contribution in [0.15, 0.2) is 18.2 Å². The minimum atomic E-state index is -0.561. The summed E-state index contributed by atoms with van der Waals surface area (Å²) in [5.74, 6) is 1.07. The summed E-state index contributed by atoms with van der Waals surface area (Å²) in [4.78, 5) is 15.4. The zero-order valence-corrected chi connectivity index (χ0v) is 8.82. The number of nitrogens with zero attached hydrogens (tertiary/aromatic N) is 1. The third kappa shape index (κ3) is 1.58. The van der Waals surface area contributed by atoms with E-state index in [-0.39, 0.29) is 11.8 Å². The number of halogens is 1. The molecule has 84 valence electrons. The largest absolute Gasteiger partial charge is 0.310 e. The van der Waals surface area contributed by atoms with Crippen molar-refractivity contribution in [2.75, 3.05) is 5.32 Å². The number of carbonyl (C=O) groups is 1. The molecule has 3 nitrogen and oxygen atoms in total. The first-order valence-electron chi connectivity index (χ1n) is 5.69. The molecule has 2 aliphatic rings. The van der Waals surface area contributed by atoms with E-state index >= 15 is 0 Å². The van der Waals surface area contributed by atoms with Crippen molar-refractivity contribution >= 4 is 11.7 Å². The summed E-state index contributed by atoms with van der Waals surface area (Å²) in [6, 6.07) is 4.42. The number of carbonyl (C=O) groups excluding carboxylic acids is 1. The van der Waals surface area contributed by atoms with Crippen LogP contribution in [0, 0.1) is 23.7 Å². The first kappa shape index (κ1) is 9.75. The zero-order valence-electron chi connectivity index (χ0n) is 8.82. The Balaban J connectivity index is 1.65. The van der Waals surface area contributed by atoms with Crippen LogP contribution in [0.4, 0.5) is 10.2 Å². The predicted molar refractivity (Wildman–Crippen MR) is 57.1 cm³/mol. The second-order valence-corrected chi connectivity index (χ2v) is 4.62. The molecule has 2 fully saturated rings. The molecule has 0 bridgehead atoms. The number of nitrogens with one attached hydrogen (secondary N) is 1. The molecular weight excluding hydrogens is 207 g/mol. The van der Waals surface area contributed by atoms with E-state index in [1.54, 1.807) is 12.1 Å². The van der Waals surface area contributed by atoms with Gasteiger partial charge in [0, 0.05) is 5.92 Å². The third-order valence-corrected chi connectivity index (χ3v) is 3.68. The highest BCUT2D eigenvalue weighted by atomic mass is 19.1. The van der Waals surface area contributed by atoms with Gasteiger partial charge in [0.05, 0.1) is 0 Å². The second-order valence-electron chi connectivity index (χ2n) is 4.62. The van der Waals surface area contributed by atoms with Gasteiger partial charge in [0.25, 0.3) is 0 Å². The molecule has 2 saturated carbocycles. The Morgan fingerprint density at radius 1 is 1.38 bits per heavy atom. The standard InChI is InChI=1S/C12H13FN2O/c13-9-5-2-6-10(14-9)15-12(16)11-7-3-1-4-8(7)11/h2,5-8,11H,1,3-4H2,(H,14,15,16). The van der Waals surface area contributed by atoms with Gasteiger partial charge in [-0.3, -0.25) is 4.79 Å².